The summed E-state index contributed by atoms with van der Waals surface area (Å²) >= 11 is 0. The van der Waals surface area contributed by atoms with Gasteiger partial charge in [0.05, 0.1) is 13.2 Å². The van der Waals surface area contributed by atoms with Crippen molar-refractivity contribution in [3.05, 3.63) is 53.6 Å². The number of hydrogen-bond acceptors (Lipinski definition) is 3. The summed E-state index contributed by atoms with van der Waals surface area (Å²) in [4.78, 5) is 0. The largest absolute Gasteiger partial charge is 0.490 e. The van der Waals surface area contributed by atoms with Crippen molar-refractivity contribution in [3.63, 3.8) is 0 Å². The Labute approximate surface area is 121 Å². The minimum Gasteiger partial charge on any atom is -0.490 e. The van der Waals surface area contributed by atoms with Crippen LogP contribution in [-0.2, 0) is 6.54 Å². The maximum atomic E-state index is 13.6. The molecule has 0 aliphatic carbocycles. The molecule has 0 radical (unpaired) electrons. The topological polar surface area (TPSA) is 30.5 Å². The van der Waals surface area contributed by atoms with Gasteiger partial charge in [0.25, 0.3) is 0 Å². The Hall–Kier alpha value is -2.30. The molecule has 5 heteroatoms. The first-order chi connectivity index (χ1) is 10.2. The van der Waals surface area contributed by atoms with Gasteiger partial charge in [-0.3, -0.25) is 0 Å². The van der Waals surface area contributed by atoms with Gasteiger partial charge in [-0.15, -0.1) is 0 Å². The molecule has 110 valence electrons. The van der Waals surface area contributed by atoms with Gasteiger partial charge in [0.1, 0.15) is 0 Å². The molecule has 2 aromatic carbocycles. The molecular weight excluding hydrogens is 276 g/mol. The molecule has 0 spiro atoms. The summed E-state index contributed by atoms with van der Waals surface area (Å²) < 4.78 is 37.8. The normalized spacial score (nSPS) is 13.6. The van der Waals surface area contributed by atoms with Crippen LogP contribution in [-0.4, -0.2) is 13.2 Å². The first kappa shape index (κ1) is 13.7. The SMILES string of the molecule is Fc1cccc(CNc2ccc3c(c2)OCCCO3)c1F. The van der Waals surface area contributed by atoms with Gasteiger partial charge in [-0.25, -0.2) is 8.78 Å². The van der Waals surface area contributed by atoms with E-state index in [1.165, 1.54) is 6.07 Å². The molecule has 2 aromatic rings. The second-order valence-corrected chi connectivity index (χ2v) is 4.78. The van der Waals surface area contributed by atoms with Gasteiger partial charge in [0.2, 0.25) is 0 Å². The van der Waals surface area contributed by atoms with Gasteiger partial charge in [0.15, 0.2) is 23.1 Å². The van der Waals surface area contributed by atoms with Gasteiger partial charge in [0, 0.05) is 30.3 Å². The zero-order chi connectivity index (χ0) is 14.7. The number of nitrogens with one attached hydrogen (secondary N) is 1. The Balaban J connectivity index is 1.73. The van der Waals surface area contributed by atoms with Crippen molar-refractivity contribution in [1.29, 1.82) is 0 Å². The van der Waals surface area contributed by atoms with Gasteiger partial charge in [-0.1, -0.05) is 12.1 Å². The summed E-state index contributed by atoms with van der Waals surface area (Å²) in [6.45, 7) is 1.44. The average Bonchev–Trinajstić information content (AvgIpc) is 2.73. The van der Waals surface area contributed by atoms with Crippen LogP contribution in [0.2, 0.25) is 0 Å². The number of ether oxygens (including phenoxy) is 2. The van der Waals surface area contributed by atoms with Crippen LogP contribution in [0, 0.1) is 11.6 Å². The number of rotatable bonds is 3. The van der Waals surface area contributed by atoms with Crippen molar-refractivity contribution in [1.82, 2.24) is 0 Å². The van der Waals surface area contributed by atoms with Crippen molar-refractivity contribution in [2.24, 2.45) is 0 Å². The Kier molecular flexibility index (Phi) is 3.90. The van der Waals surface area contributed by atoms with E-state index in [9.17, 15) is 8.78 Å². The number of halogens is 2. The fourth-order valence-electron chi connectivity index (χ4n) is 2.16. The minimum absolute atomic E-state index is 0.198. The average molecular weight is 291 g/mol. The van der Waals surface area contributed by atoms with E-state index in [1.54, 1.807) is 12.1 Å². The molecule has 3 rings (SSSR count). The fraction of sp³-hybridized carbons (Fsp3) is 0.250. The van der Waals surface area contributed by atoms with E-state index < -0.39 is 11.6 Å². The summed E-state index contributed by atoms with van der Waals surface area (Å²) in [7, 11) is 0. The van der Waals surface area contributed by atoms with Crippen molar-refractivity contribution in [3.8, 4) is 11.5 Å². The summed E-state index contributed by atoms with van der Waals surface area (Å²) in [5.41, 5.74) is 1.05. The molecule has 1 aliphatic rings. The molecule has 1 aliphatic heterocycles. The maximum absolute atomic E-state index is 13.6. The second-order valence-electron chi connectivity index (χ2n) is 4.78. The lowest BCUT2D eigenvalue weighted by Crippen LogP contribution is -2.03. The Morgan fingerprint density at radius 3 is 2.67 bits per heavy atom. The third kappa shape index (κ3) is 3.07. The summed E-state index contributed by atoms with van der Waals surface area (Å²) in [6.07, 6.45) is 0.839. The first-order valence-corrected chi connectivity index (χ1v) is 6.80. The van der Waals surface area contributed by atoms with E-state index in [0.29, 0.717) is 24.7 Å². The molecule has 3 nitrogen and oxygen atoms in total. The predicted octanol–water partition coefficient (Wildman–Crippen LogP) is 3.74. The van der Waals surface area contributed by atoms with Crippen LogP contribution in [0.5, 0.6) is 11.5 Å². The highest BCUT2D eigenvalue weighted by Gasteiger charge is 2.11. The molecule has 0 saturated carbocycles. The van der Waals surface area contributed by atoms with E-state index in [2.05, 4.69) is 5.32 Å². The zero-order valence-electron chi connectivity index (χ0n) is 11.4. The molecule has 0 fully saturated rings. The number of fused-ring (bicyclic) bond motifs is 1. The molecule has 0 amide bonds. The van der Waals surface area contributed by atoms with E-state index in [1.807, 2.05) is 12.1 Å². The van der Waals surface area contributed by atoms with Crippen LogP contribution in [0.25, 0.3) is 0 Å². The zero-order valence-corrected chi connectivity index (χ0v) is 11.4. The highest BCUT2D eigenvalue weighted by molar-refractivity contribution is 5.55. The van der Waals surface area contributed by atoms with Crippen molar-refractivity contribution >= 4 is 5.69 Å². The van der Waals surface area contributed by atoms with E-state index >= 15 is 0 Å². The van der Waals surface area contributed by atoms with Gasteiger partial charge < -0.3 is 14.8 Å². The van der Waals surface area contributed by atoms with Gasteiger partial charge in [-0.2, -0.15) is 0 Å². The van der Waals surface area contributed by atoms with Crippen LogP contribution < -0.4 is 14.8 Å². The molecule has 0 bridgehead atoms. The lowest BCUT2D eigenvalue weighted by molar-refractivity contribution is 0.297. The molecule has 1 N–H and O–H groups in total. The van der Waals surface area contributed by atoms with Crippen LogP contribution in [0.15, 0.2) is 36.4 Å². The highest BCUT2D eigenvalue weighted by Crippen LogP contribution is 2.32. The minimum atomic E-state index is -0.840. The number of benzene rings is 2. The third-order valence-corrected chi connectivity index (χ3v) is 3.26. The molecule has 0 aromatic heterocycles. The van der Waals surface area contributed by atoms with Crippen LogP contribution in [0.3, 0.4) is 0 Å². The monoisotopic (exact) mass is 291 g/mol. The molecule has 0 atom stereocenters. The molecule has 0 saturated heterocycles. The molecule has 0 unspecified atom stereocenters. The second kappa shape index (κ2) is 5.99. The van der Waals surface area contributed by atoms with Crippen molar-refractivity contribution in [2.75, 3.05) is 18.5 Å². The molecule has 1 heterocycles. The highest BCUT2D eigenvalue weighted by atomic mass is 19.2. The third-order valence-electron chi connectivity index (χ3n) is 3.26. The summed E-state index contributed by atoms with van der Waals surface area (Å²) in [6, 6.07) is 9.58. The fourth-order valence-corrected chi connectivity index (χ4v) is 2.16. The maximum Gasteiger partial charge on any atom is 0.163 e. The smallest absolute Gasteiger partial charge is 0.163 e. The lowest BCUT2D eigenvalue weighted by atomic mass is 10.2. The summed E-state index contributed by atoms with van der Waals surface area (Å²) in [5.74, 6) is -0.292. The quantitative estimate of drug-likeness (QED) is 0.934. The number of hydrogen-bond donors (Lipinski definition) is 1. The first-order valence-electron chi connectivity index (χ1n) is 6.80. The lowest BCUT2D eigenvalue weighted by Gasteiger charge is -2.11. The standard InChI is InChI=1S/C16H15F2NO2/c17-13-4-1-3-11(16(13)18)10-19-12-5-6-14-15(9-12)21-8-2-7-20-14/h1,3-6,9,19H,2,7-8,10H2. The Morgan fingerprint density at radius 1 is 1.00 bits per heavy atom. The van der Waals surface area contributed by atoms with Crippen LogP contribution >= 0.6 is 0 Å². The van der Waals surface area contributed by atoms with E-state index in [-0.39, 0.29) is 12.1 Å². The van der Waals surface area contributed by atoms with Crippen LogP contribution in [0.1, 0.15) is 12.0 Å². The van der Waals surface area contributed by atoms with Crippen molar-refractivity contribution < 1.29 is 18.3 Å². The number of anilines is 1. The van der Waals surface area contributed by atoms with E-state index in [4.69, 9.17) is 9.47 Å². The molecule has 21 heavy (non-hydrogen) atoms. The Bertz CT molecular complexity index is 646. The van der Waals surface area contributed by atoms with Crippen LogP contribution in [0.4, 0.5) is 14.5 Å². The van der Waals surface area contributed by atoms with Gasteiger partial charge in [-0.05, 0) is 18.2 Å². The molecular formula is C16H15F2NO2. The Morgan fingerprint density at radius 2 is 1.81 bits per heavy atom. The predicted molar refractivity (Wildman–Crippen MR) is 75.7 cm³/mol. The van der Waals surface area contributed by atoms with E-state index in [0.717, 1.165) is 18.2 Å². The van der Waals surface area contributed by atoms with Crippen molar-refractivity contribution in [2.45, 2.75) is 13.0 Å². The van der Waals surface area contributed by atoms with Gasteiger partial charge >= 0.3 is 0 Å². The summed E-state index contributed by atoms with van der Waals surface area (Å²) in [5, 5.41) is 3.06.